The first kappa shape index (κ1) is 17.7. The first-order valence-corrected chi connectivity index (χ1v) is 9.09. The number of ether oxygens (including phenoxy) is 1. The highest BCUT2D eigenvalue weighted by molar-refractivity contribution is 5.82. The minimum atomic E-state index is -0.176. The first-order valence-electron chi connectivity index (χ1n) is 9.09. The van der Waals surface area contributed by atoms with Crippen LogP contribution < -0.4 is 10.3 Å². The van der Waals surface area contributed by atoms with E-state index in [0.29, 0.717) is 11.4 Å². The van der Waals surface area contributed by atoms with Gasteiger partial charge in [0.05, 0.1) is 6.20 Å². The Balaban J connectivity index is 1.88. The second-order valence-corrected chi connectivity index (χ2v) is 6.36. The lowest BCUT2D eigenvalue weighted by Crippen LogP contribution is -2.19. The van der Waals surface area contributed by atoms with Gasteiger partial charge in [0.1, 0.15) is 17.2 Å². The minimum Gasteiger partial charge on any atom is -0.457 e. The van der Waals surface area contributed by atoms with Crippen molar-refractivity contribution in [2.75, 3.05) is 0 Å². The highest BCUT2D eigenvalue weighted by Crippen LogP contribution is 2.36. The second-order valence-electron chi connectivity index (χ2n) is 6.36. The largest absolute Gasteiger partial charge is 0.457 e. The molecule has 4 aromatic rings. The van der Waals surface area contributed by atoms with Crippen LogP contribution >= 0.6 is 0 Å². The third-order valence-corrected chi connectivity index (χ3v) is 4.47. The summed E-state index contributed by atoms with van der Waals surface area (Å²) in [5.74, 6) is 1.41. The molecular weight excluding hydrogens is 352 g/mol. The molecule has 4 rings (SSSR count). The number of aryl methyl sites for hydroxylation is 2. The van der Waals surface area contributed by atoms with E-state index in [4.69, 9.17) is 4.74 Å². The molecule has 28 heavy (non-hydrogen) atoms. The van der Waals surface area contributed by atoms with Crippen LogP contribution in [0.2, 0.25) is 0 Å². The van der Waals surface area contributed by atoms with Crippen LogP contribution in [0.1, 0.15) is 6.92 Å². The van der Waals surface area contributed by atoms with Crippen molar-refractivity contribution in [1.82, 2.24) is 19.6 Å². The zero-order chi connectivity index (χ0) is 19.5. The van der Waals surface area contributed by atoms with Crippen LogP contribution in [0.25, 0.3) is 22.4 Å². The third-order valence-electron chi connectivity index (χ3n) is 4.47. The summed E-state index contributed by atoms with van der Waals surface area (Å²) in [5, 5.41) is 8.88. The number of rotatable bonds is 5. The predicted octanol–water partition coefficient (Wildman–Crippen LogP) is 4.12. The van der Waals surface area contributed by atoms with E-state index in [1.165, 1.54) is 4.68 Å². The Kier molecular flexibility index (Phi) is 4.76. The van der Waals surface area contributed by atoms with Crippen molar-refractivity contribution in [3.63, 3.8) is 0 Å². The van der Waals surface area contributed by atoms with Crippen molar-refractivity contribution < 1.29 is 4.74 Å². The zero-order valence-electron chi connectivity index (χ0n) is 15.7. The van der Waals surface area contributed by atoms with Crippen LogP contribution in [0.15, 0.2) is 77.9 Å². The molecule has 6 nitrogen and oxygen atoms in total. The van der Waals surface area contributed by atoms with E-state index < -0.39 is 0 Å². The molecule has 140 valence electrons. The normalized spacial score (nSPS) is 10.8. The molecule has 0 atom stereocenters. The number of aromatic nitrogens is 4. The van der Waals surface area contributed by atoms with Crippen molar-refractivity contribution in [3.05, 3.63) is 83.4 Å². The molecule has 0 saturated heterocycles. The number of benzene rings is 2. The lowest BCUT2D eigenvalue weighted by molar-refractivity contribution is 0.484. The van der Waals surface area contributed by atoms with Gasteiger partial charge in [0.25, 0.3) is 5.56 Å². The zero-order valence-corrected chi connectivity index (χ0v) is 15.7. The van der Waals surface area contributed by atoms with Gasteiger partial charge < -0.3 is 4.74 Å². The highest BCUT2D eigenvalue weighted by Gasteiger charge is 2.17. The van der Waals surface area contributed by atoms with E-state index >= 15 is 0 Å². The lowest BCUT2D eigenvalue weighted by atomic mass is 10.0. The fourth-order valence-electron chi connectivity index (χ4n) is 3.00. The fraction of sp³-hybridized carbons (Fsp3) is 0.136. The van der Waals surface area contributed by atoms with Crippen LogP contribution in [-0.4, -0.2) is 19.6 Å². The predicted molar refractivity (Wildman–Crippen MR) is 108 cm³/mol. The summed E-state index contributed by atoms with van der Waals surface area (Å²) in [6.07, 6.45) is 3.67. The van der Waals surface area contributed by atoms with Crippen LogP contribution in [0.3, 0.4) is 0 Å². The van der Waals surface area contributed by atoms with Gasteiger partial charge in [0.2, 0.25) is 0 Å². The summed E-state index contributed by atoms with van der Waals surface area (Å²) < 4.78 is 9.26. The Morgan fingerprint density at radius 2 is 1.75 bits per heavy atom. The van der Waals surface area contributed by atoms with E-state index in [9.17, 15) is 4.79 Å². The molecule has 0 aliphatic rings. The van der Waals surface area contributed by atoms with Gasteiger partial charge in [-0.3, -0.25) is 9.48 Å². The number of hydrogen-bond acceptors (Lipinski definition) is 4. The Hall–Kier alpha value is -3.67. The van der Waals surface area contributed by atoms with Gasteiger partial charge in [-0.25, -0.2) is 4.68 Å². The van der Waals surface area contributed by atoms with Crippen LogP contribution in [0.4, 0.5) is 0 Å². The summed E-state index contributed by atoms with van der Waals surface area (Å²) >= 11 is 0. The molecule has 0 spiro atoms. The molecule has 2 aromatic carbocycles. The molecule has 0 unspecified atom stereocenters. The molecule has 0 bridgehead atoms. The van der Waals surface area contributed by atoms with Gasteiger partial charge in [0.15, 0.2) is 0 Å². The Labute approximate surface area is 162 Å². The third kappa shape index (κ3) is 3.44. The van der Waals surface area contributed by atoms with Gasteiger partial charge in [0, 0.05) is 42.5 Å². The van der Waals surface area contributed by atoms with Crippen molar-refractivity contribution in [1.29, 1.82) is 0 Å². The number of hydrogen-bond donors (Lipinski definition) is 0. The maximum Gasteiger partial charge on any atom is 0.267 e. The van der Waals surface area contributed by atoms with Crippen LogP contribution in [-0.2, 0) is 13.6 Å². The molecule has 0 fully saturated rings. The number of nitrogens with zero attached hydrogens (tertiary/aromatic N) is 4. The van der Waals surface area contributed by atoms with E-state index in [0.717, 1.165) is 29.0 Å². The van der Waals surface area contributed by atoms with Gasteiger partial charge in [-0.1, -0.05) is 30.3 Å². The maximum absolute atomic E-state index is 12.3. The number of para-hydroxylation sites is 2. The smallest absolute Gasteiger partial charge is 0.267 e. The molecule has 0 radical (unpaired) electrons. The van der Waals surface area contributed by atoms with E-state index in [1.54, 1.807) is 19.3 Å². The Bertz CT molecular complexity index is 1160. The summed E-state index contributed by atoms with van der Waals surface area (Å²) in [6.45, 7) is 2.77. The fourth-order valence-corrected chi connectivity index (χ4v) is 3.00. The average molecular weight is 372 g/mol. The summed E-state index contributed by atoms with van der Waals surface area (Å²) in [4.78, 5) is 12.3. The quantitative estimate of drug-likeness (QED) is 0.529. The molecule has 6 heteroatoms. The SMILES string of the molecule is CCn1cc(-c2cc(=O)n(C)nc2-c2ccccc2Oc2ccccc2)cn1. The van der Waals surface area contributed by atoms with Gasteiger partial charge >= 0.3 is 0 Å². The molecule has 0 N–H and O–H groups in total. The monoisotopic (exact) mass is 372 g/mol. The summed E-state index contributed by atoms with van der Waals surface area (Å²) in [6, 6.07) is 18.9. The molecule has 0 aliphatic heterocycles. The van der Waals surface area contributed by atoms with Crippen molar-refractivity contribution in [3.8, 4) is 33.9 Å². The van der Waals surface area contributed by atoms with Crippen molar-refractivity contribution >= 4 is 0 Å². The minimum absolute atomic E-state index is 0.176. The van der Waals surface area contributed by atoms with Gasteiger partial charge in [-0.15, -0.1) is 0 Å². The topological polar surface area (TPSA) is 61.9 Å². The molecule has 0 amide bonds. The summed E-state index contributed by atoms with van der Waals surface area (Å²) in [5.41, 5.74) is 2.87. The molecule has 2 heterocycles. The van der Waals surface area contributed by atoms with Crippen LogP contribution in [0, 0.1) is 0 Å². The van der Waals surface area contributed by atoms with E-state index in [-0.39, 0.29) is 5.56 Å². The van der Waals surface area contributed by atoms with Crippen molar-refractivity contribution in [2.24, 2.45) is 7.05 Å². The van der Waals surface area contributed by atoms with Crippen LogP contribution in [0.5, 0.6) is 11.5 Å². The maximum atomic E-state index is 12.3. The highest BCUT2D eigenvalue weighted by atomic mass is 16.5. The standard InChI is InChI=1S/C22H20N4O2/c1-3-26-15-16(14-23-26)19-13-21(27)25(2)24-22(19)18-11-7-8-12-20(18)28-17-9-5-4-6-10-17/h4-15H,3H2,1-2H3. The Morgan fingerprint density at radius 3 is 2.50 bits per heavy atom. The summed E-state index contributed by atoms with van der Waals surface area (Å²) in [7, 11) is 1.64. The lowest BCUT2D eigenvalue weighted by Gasteiger charge is -2.14. The van der Waals surface area contributed by atoms with E-state index in [2.05, 4.69) is 10.2 Å². The Morgan fingerprint density at radius 1 is 1.00 bits per heavy atom. The van der Waals surface area contributed by atoms with E-state index in [1.807, 2.05) is 72.4 Å². The van der Waals surface area contributed by atoms with Gasteiger partial charge in [-0.05, 0) is 31.2 Å². The second kappa shape index (κ2) is 7.52. The van der Waals surface area contributed by atoms with Crippen molar-refractivity contribution in [2.45, 2.75) is 13.5 Å². The van der Waals surface area contributed by atoms with Gasteiger partial charge in [-0.2, -0.15) is 10.2 Å². The first-order chi connectivity index (χ1) is 13.7. The molecular formula is C22H20N4O2. The molecule has 0 saturated carbocycles. The molecule has 0 aliphatic carbocycles. The average Bonchev–Trinajstić information content (AvgIpc) is 3.20. The molecule has 2 aromatic heterocycles.